The van der Waals surface area contributed by atoms with Gasteiger partial charge in [-0.25, -0.2) is 8.42 Å². The monoisotopic (exact) mass is 641 g/mol. The van der Waals surface area contributed by atoms with Crippen molar-refractivity contribution >= 4 is 21.8 Å². The first kappa shape index (κ1) is 32.9. The lowest BCUT2D eigenvalue weighted by molar-refractivity contribution is -0.142. The second-order valence-corrected chi connectivity index (χ2v) is 13.0. The second-order valence-electron chi connectivity index (χ2n) is 11.0. The van der Waals surface area contributed by atoms with Gasteiger partial charge in [-0.2, -0.15) is 4.31 Å². The summed E-state index contributed by atoms with van der Waals surface area (Å²) in [5, 5.41) is 3.05. The third-order valence-electron chi connectivity index (χ3n) is 7.82. The van der Waals surface area contributed by atoms with Gasteiger partial charge in [-0.1, -0.05) is 91.0 Å². The smallest absolute Gasteiger partial charge is 0.261 e. The molecule has 0 aliphatic carbocycles. The number of nitrogens with zero attached hydrogens (tertiary/aromatic N) is 2. The quantitative estimate of drug-likeness (QED) is 0.223. The minimum absolute atomic E-state index is 0.147. The van der Waals surface area contributed by atoms with Crippen molar-refractivity contribution in [3.8, 4) is 5.75 Å². The van der Waals surface area contributed by atoms with Gasteiger partial charge in [0.15, 0.2) is 6.61 Å². The lowest BCUT2D eigenvalue weighted by atomic mass is 10.0. The second kappa shape index (κ2) is 16.2. The predicted molar refractivity (Wildman–Crippen MR) is 176 cm³/mol. The van der Waals surface area contributed by atoms with E-state index in [1.807, 2.05) is 91.0 Å². The van der Waals surface area contributed by atoms with E-state index in [0.29, 0.717) is 51.4 Å². The fourth-order valence-corrected chi connectivity index (χ4v) is 6.71. The third kappa shape index (κ3) is 9.03. The first-order valence-corrected chi connectivity index (χ1v) is 16.8. The molecule has 4 aromatic carbocycles. The van der Waals surface area contributed by atoms with Gasteiger partial charge in [0.25, 0.3) is 5.91 Å². The van der Waals surface area contributed by atoms with E-state index in [0.717, 1.165) is 16.7 Å². The number of morpholine rings is 1. The Kier molecular flexibility index (Phi) is 11.6. The maximum atomic E-state index is 13.9. The van der Waals surface area contributed by atoms with Crippen molar-refractivity contribution in [3.05, 3.63) is 132 Å². The Morgan fingerprint density at radius 2 is 1.35 bits per heavy atom. The highest BCUT2D eigenvalue weighted by Crippen LogP contribution is 2.21. The molecule has 1 saturated heterocycles. The van der Waals surface area contributed by atoms with Crippen LogP contribution in [0.25, 0.3) is 0 Å². The fourth-order valence-electron chi connectivity index (χ4n) is 5.30. The van der Waals surface area contributed by atoms with Crippen molar-refractivity contribution in [1.82, 2.24) is 14.5 Å². The number of benzene rings is 4. The molecule has 1 fully saturated rings. The van der Waals surface area contributed by atoms with Gasteiger partial charge < -0.3 is 19.7 Å². The van der Waals surface area contributed by atoms with Gasteiger partial charge in [0, 0.05) is 32.6 Å². The first-order valence-electron chi connectivity index (χ1n) is 15.4. The van der Waals surface area contributed by atoms with Gasteiger partial charge in [-0.05, 0) is 47.4 Å². The summed E-state index contributed by atoms with van der Waals surface area (Å²) < 4.78 is 38.5. The Labute approximate surface area is 270 Å². The molecule has 1 atom stereocenters. The van der Waals surface area contributed by atoms with Gasteiger partial charge in [-0.15, -0.1) is 0 Å². The van der Waals surface area contributed by atoms with Crippen LogP contribution in [-0.2, 0) is 43.7 Å². The van der Waals surface area contributed by atoms with Gasteiger partial charge in [-0.3, -0.25) is 9.59 Å². The van der Waals surface area contributed by atoms with Crippen molar-refractivity contribution < 1.29 is 27.5 Å². The van der Waals surface area contributed by atoms with Crippen molar-refractivity contribution in [3.63, 3.8) is 0 Å². The summed E-state index contributed by atoms with van der Waals surface area (Å²) in [6, 6.07) is 34.3. The summed E-state index contributed by atoms with van der Waals surface area (Å²) >= 11 is 0. The molecular formula is C36H39N3O6S. The van der Waals surface area contributed by atoms with Crippen LogP contribution < -0.4 is 10.1 Å². The van der Waals surface area contributed by atoms with E-state index in [-0.39, 0.29) is 29.9 Å². The number of rotatable bonds is 14. The van der Waals surface area contributed by atoms with E-state index in [1.165, 1.54) is 16.4 Å². The molecule has 9 nitrogen and oxygen atoms in total. The van der Waals surface area contributed by atoms with Crippen LogP contribution in [0.4, 0.5) is 0 Å². The summed E-state index contributed by atoms with van der Waals surface area (Å²) in [6.45, 7) is 1.63. The summed E-state index contributed by atoms with van der Waals surface area (Å²) in [5.41, 5.74) is 2.91. The lowest BCUT2D eigenvalue weighted by Gasteiger charge is -2.31. The van der Waals surface area contributed by atoms with Gasteiger partial charge in [0.05, 0.1) is 18.1 Å². The zero-order valence-corrected chi connectivity index (χ0v) is 26.5. The average Bonchev–Trinajstić information content (AvgIpc) is 3.10. The van der Waals surface area contributed by atoms with E-state index in [2.05, 4.69) is 5.32 Å². The molecule has 0 radical (unpaired) electrons. The number of hydrogen-bond donors (Lipinski definition) is 1. The van der Waals surface area contributed by atoms with Crippen LogP contribution in [0.1, 0.15) is 16.7 Å². The van der Waals surface area contributed by atoms with Crippen molar-refractivity contribution in [2.24, 2.45) is 0 Å². The average molecular weight is 642 g/mol. The third-order valence-corrected chi connectivity index (χ3v) is 9.73. The summed E-state index contributed by atoms with van der Waals surface area (Å²) in [6.07, 6.45) is 0.988. The van der Waals surface area contributed by atoms with Crippen LogP contribution in [-0.4, -0.2) is 74.9 Å². The molecule has 4 aromatic rings. The highest BCUT2D eigenvalue weighted by molar-refractivity contribution is 7.89. The number of ether oxygens (including phenoxy) is 2. The Morgan fingerprint density at radius 1 is 0.783 bits per heavy atom. The van der Waals surface area contributed by atoms with Crippen molar-refractivity contribution in [2.75, 3.05) is 39.5 Å². The number of carbonyl (C=O) groups is 2. The normalized spacial score (nSPS) is 14.3. The molecular weight excluding hydrogens is 602 g/mol. The lowest BCUT2D eigenvalue weighted by Crippen LogP contribution is -2.52. The van der Waals surface area contributed by atoms with Crippen LogP contribution in [0.3, 0.4) is 0 Å². The maximum Gasteiger partial charge on any atom is 0.261 e. The van der Waals surface area contributed by atoms with Crippen LogP contribution in [0, 0.1) is 0 Å². The SMILES string of the molecule is O=C(NCCc1ccccc1)C(Cc1ccccc1)N(Cc1ccccc1)C(=O)COc1ccc(S(=O)(=O)N2CCOCC2)cc1. The van der Waals surface area contributed by atoms with Crippen molar-refractivity contribution in [2.45, 2.75) is 30.3 Å². The molecule has 240 valence electrons. The number of sulfonamides is 1. The molecule has 10 heteroatoms. The Hall–Kier alpha value is -4.51. The summed E-state index contributed by atoms with van der Waals surface area (Å²) in [4.78, 5) is 29.4. The molecule has 1 aliphatic heterocycles. The highest BCUT2D eigenvalue weighted by atomic mass is 32.2. The number of carbonyl (C=O) groups excluding carboxylic acids is 2. The molecule has 2 amide bonds. The largest absolute Gasteiger partial charge is 0.484 e. The van der Waals surface area contributed by atoms with E-state index in [4.69, 9.17) is 9.47 Å². The van der Waals surface area contributed by atoms with E-state index in [1.54, 1.807) is 17.0 Å². The molecule has 1 N–H and O–H groups in total. The summed E-state index contributed by atoms with van der Waals surface area (Å²) in [7, 11) is -3.66. The van der Waals surface area contributed by atoms with E-state index < -0.39 is 16.1 Å². The van der Waals surface area contributed by atoms with Gasteiger partial charge >= 0.3 is 0 Å². The molecule has 1 unspecified atom stereocenters. The number of nitrogens with one attached hydrogen (secondary N) is 1. The summed E-state index contributed by atoms with van der Waals surface area (Å²) in [5.74, 6) is -0.268. The molecule has 5 rings (SSSR count). The predicted octanol–water partition coefficient (Wildman–Crippen LogP) is 4.09. The first-order chi connectivity index (χ1) is 22.4. The zero-order valence-electron chi connectivity index (χ0n) is 25.7. The van der Waals surface area contributed by atoms with Gasteiger partial charge in [0.1, 0.15) is 11.8 Å². The van der Waals surface area contributed by atoms with Crippen LogP contribution in [0.5, 0.6) is 5.75 Å². The Bertz CT molecular complexity index is 1650. The number of amides is 2. The van der Waals surface area contributed by atoms with E-state index >= 15 is 0 Å². The molecule has 46 heavy (non-hydrogen) atoms. The highest BCUT2D eigenvalue weighted by Gasteiger charge is 2.31. The topological polar surface area (TPSA) is 105 Å². The maximum absolute atomic E-state index is 13.9. The number of hydrogen-bond acceptors (Lipinski definition) is 6. The molecule has 0 aromatic heterocycles. The van der Waals surface area contributed by atoms with Crippen LogP contribution >= 0.6 is 0 Å². The molecule has 0 bridgehead atoms. The molecule has 1 aliphatic rings. The Balaban J connectivity index is 1.32. The molecule has 0 saturated carbocycles. The van der Waals surface area contributed by atoms with Gasteiger partial charge in [0.2, 0.25) is 15.9 Å². The van der Waals surface area contributed by atoms with Crippen LogP contribution in [0.15, 0.2) is 120 Å². The van der Waals surface area contributed by atoms with Crippen molar-refractivity contribution in [1.29, 1.82) is 0 Å². The zero-order chi connectivity index (χ0) is 32.2. The minimum Gasteiger partial charge on any atom is -0.484 e. The standard InChI is InChI=1S/C36H39N3O6S/c40-35(28-45-32-16-18-33(19-17-32)46(42,43)38-22-24-44-25-23-38)39(27-31-14-8-3-9-15-31)34(26-30-12-6-2-7-13-30)36(41)37-21-20-29-10-4-1-5-11-29/h1-19,34H,20-28H2,(H,37,41). The Morgan fingerprint density at radius 3 is 1.96 bits per heavy atom. The minimum atomic E-state index is -3.66. The van der Waals surface area contributed by atoms with Crippen LogP contribution in [0.2, 0.25) is 0 Å². The fraction of sp³-hybridized carbons (Fsp3) is 0.278. The van der Waals surface area contributed by atoms with E-state index in [9.17, 15) is 18.0 Å². The molecule has 1 heterocycles. The molecule has 0 spiro atoms.